The van der Waals surface area contributed by atoms with Crippen LogP contribution in [0.2, 0.25) is 0 Å². The van der Waals surface area contributed by atoms with Crippen molar-refractivity contribution < 1.29 is 9.59 Å². The molecular weight excluding hydrogens is 274 g/mol. The van der Waals surface area contributed by atoms with Crippen LogP contribution in [0.15, 0.2) is 17.5 Å². The molecule has 1 fully saturated rings. The number of thiophene rings is 1. The van der Waals surface area contributed by atoms with Crippen molar-refractivity contribution in [2.75, 3.05) is 26.2 Å². The summed E-state index contributed by atoms with van der Waals surface area (Å²) >= 11 is 1.46. The molecule has 2 rings (SSSR count). The molecular formula is C14H21N3O2S. The van der Waals surface area contributed by atoms with E-state index in [1.54, 1.807) is 4.90 Å². The van der Waals surface area contributed by atoms with Crippen LogP contribution in [-0.2, 0) is 0 Å². The minimum absolute atomic E-state index is 0.0366. The van der Waals surface area contributed by atoms with Crippen LogP contribution in [-0.4, -0.2) is 54.0 Å². The van der Waals surface area contributed by atoms with Crippen molar-refractivity contribution in [1.29, 1.82) is 0 Å². The highest BCUT2D eigenvalue weighted by molar-refractivity contribution is 7.12. The molecule has 6 heteroatoms. The lowest BCUT2D eigenvalue weighted by Crippen LogP contribution is -2.44. The number of nitrogens with zero attached hydrogens (tertiary/aromatic N) is 2. The van der Waals surface area contributed by atoms with E-state index in [2.05, 4.69) is 5.32 Å². The van der Waals surface area contributed by atoms with Crippen molar-refractivity contribution >= 4 is 23.3 Å². The van der Waals surface area contributed by atoms with Crippen LogP contribution in [0.25, 0.3) is 0 Å². The average Bonchev–Trinajstić information content (AvgIpc) is 2.81. The molecule has 5 nitrogen and oxygen atoms in total. The Morgan fingerprint density at radius 2 is 1.90 bits per heavy atom. The van der Waals surface area contributed by atoms with E-state index in [1.165, 1.54) is 11.3 Å². The van der Waals surface area contributed by atoms with Gasteiger partial charge in [0.15, 0.2) is 0 Å². The number of carbonyl (C=O) groups excluding carboxylic acids is 2. The summed E-state index contributed by atoms with van der Waals surface area (Å²) < 4.78 is 0. The van der Waals surface area contributed by atoms with Crippen molar-refractivity contribution in [2.45, 2.75) is 26.3 Å². The van der Waals surface area contributed by atoms with Crippen LogP contribution in [0.1, 0.15) is 29.9 Å². The topological polar surface area (TPSA) is 52.7 Å². The van der Waals surface area contributed by atoms with Gasteiger partial charge in [-0.1, -0.05) is 6.07 Å². The Morgan fingerprint density at radius 3 is 2.55 bits per heavy atom. The maximum absolute atomic E-state index is 12.3. The highest BCUT2D eigenvalue weighted by Crippen LogP contribution is 2.14. The number of carbonyl (C=O) groups is 2. The Bertz CT molecular complexity index is 459. The highest BCUT2D eigenvalue weighted by Gasteiger charge is 2.23. The third-order valence-electron chi connectivity index (χ3n) is 3.21. The molecule has 1 aliphatic rings. The van der Waals surface area contributed by atoms with Gasteiger partial charge in [0.25, 0.3) is 5.91 Å². The summed E-state index contributed by atoms with van der Waals surface area (Å²) in [4.78, 5) is 28.7. The summed E-state index contributed by atoms with van der Waals surface area (Å²) in [7, 11) is 0. The van der Waals surface area contributed by atoms with Gasteiger partial charge in [0.05, 0.1) is 4.88 Å². The maximum Gasteiger partial charge on any atom is 0.317 e. The van der Waals surface area contributed by atoms with Crippen molar-refractivity contribution in [2.24, 2.45) is 0 Å². The fourth-order valence-corrected chi connectivity index (χ4v) is 2.91. The van der Waals surface area contributed by atoms with Crippen LogP contribution in [0.4, 0.5) is 4.79 Å². The van der Waals surface area contributed by atoms with Crippen molar-refractivity contribution in [1.82, 2.24) is 15.1 Å². The number of hydrogen-bond acceptors (Lipinski definition) is 3. The van der Waals surface area contributed by atoms with Crippen molar-refractivity contribution in [3.05, 3.63) is 22.4 Å². The Hall–Kier alpha value is -1.56. The molecule has 0 atom stereocenters. The lowest BCUT2D eigenvalue weighted by atomic mass is 10.3. The molecule has 1 saturated heterocycles. The molecule has 0 bridgehead atoms. The molecule has 1 aromatic rings. The zero-order chi connectivity index (χ0) is 14.5. The second-order valence-corrected chi connectivity index (χ2v) is 6.16. The van der Waals surface area contributed by atoms with Gasteiger partial charge in [-0.25, -0.2) is 4.79 Å². The molecule has 0 radical (unpaired) electrons. The molecule has 2 heterocycles. The monoisotopic (exact) mass is 295 g/mol. The smallest absolute Gasteiger partial charge is 0.317 e. The van der Waals surface area contributed by atoms with Gasteiger partial charge in [-0.15, -0.1) is 11.3 Å². The summed E-state index contributed by atoms with van der Waals surface area (Å²) in [6, 6.07) is 3.83. The Labute approximate surface area is 123 Å². The minimum Gasteiger partial charge on any atom is -0.336 e. The number of nitrogens with one attached hydrogen (secondary N) is 1. The number of amides is 3. The molecule has 20 heavy (non-hydrogen) atoms. The number of urea groups is 1. The Kier molecular flexibility index (Phi) is 5.00. The van der Waals surface area contributed by atoms with Gasteiger partial charge in [-0.2, -0.15) is 0 Å². The molecule has 0 saturated carbocycles. The van der Waals surface area contributed by atoms with Gasteiger partial charge in [0.2, 0.25) is 0 Å². The summed E-state index contributed by atoms with van der Waals surface area (Å²) in [6.45, 7) is 6.50. The third kappa shape index (κ3) is 3.72. The standard InChI is InChI=1S/C14H21N3O2S/c1-11(2)15-14(19)17-7-4-6-16(8-9-17)13(18)12-5-3-10-20-12/h3,5,10-11H,4,6-9H2,1-2H3,(H,15,19). The second-order valence-electron chi connectivity index (χ2n) is 5.21. The molecule has 0 spiro atoms. The molecule has 0 aliphatic carbocycles. The van der Waals surface area contributed by atoms with E-state index in [1.807, 2.05) is 36.3 Å². The van der Waals surface area contributed by atoms with E-state index in [9.17, 15) is 9.59 Å². The first-order valence-electron chi connectivity index (χ1n) is 6.96. The largest absolute Gasteiger partial charge is 0.336 e. The Balaban J connectivity index is 1.92. The summed E-state index contributed by atoms with van der Waals surface area (Å²) in [5.74, 6) is 0.0751. The van der Waals surface area contributed by atoms with E-state index >= 15 is 0 Å². The maximum atomic E-state index is 12.3. The number of rotatable bonds is 2. The van der Waals surface area contributed by atoms with Crippen LogP contribution in [0.3, 0.4) is 0 Å². The first-order chi connectivity index (χ1) is 9.58. The second kappa shape index (κ2) is 6.74. The first kappa shape index (κ1) is 14.8. The minimum atomic E-state index is -0.0366. The molecule has 1 N–H and O–H groups in total. The van der Waals surface area contributed by atoms with Crippen LogP contribution >= 0.6 is 11.3 Å². The molecule has 110 valence electrons. The highest BCUT2D eigenvalue weighted by atomic mass is 32.1. The number of hydrogen-bond donors (Lipinski definition) is 1. The van der Waals surface area contributed by atoms with Gasteiger partial charge in [-0.05, 0) is 31.7 Å². The van der Waals surface area contributed by atoms with E-state index < -0.39 is 0 Å². The van der Waals surface area contributed by atoms with Gasteiger partial charge < -0.3 is 15.1 Å². The lowest BCUT2D eigenvalue weighted by molar-refractivity contribution is 0.0767. The zero-order valence-electron chi connectivity index (χ0n) is 12.0. The first-order valence-corrected chi connectivity index (χ1v) is 7.84. The Morgan fingerprint density at radius 1 is 1.20 bits per heavy atom. The summed E-state index contributed by atoms with van der Waals surface area (Å²) in [5, 5.41) is 4.81. The van der Waals surface area contributed by atoms with Gasteiger partial charge in [-0.3, -0.25) is 4.79 Å². The summed E-state index contributed by atoms with van der Waals surface area (Å²) in [6.07, 6.45) is 0.822. The lowest BCUT2D eigenvalue weighted by Gasteiger charge is -2.23. The fraction of sp³-hybridized carbons (Fsp3) is 0.571. The van der Waals surface area contributed by atoms with Crippen LogP contribution < -0.4 is 5.32 Å². The van der Waals surface area contributed by atoms with E-state index in [0.29, 0.717) is 26.2 Å². The molecule has 0 aromatic carbocycles. The molecule has 1 aliphatic heterocycles. The van der Waals surface area contributed by atoms with Crippen LogP contribution in [0, 0.1) is 0 Å². The molecule has 1 aromatic heterocycles. The summed E-state index contributed by atoms with van der Waals surface area (Å²) in [5.41, 5.74) is 0. The average molecular weight is 295 g/mol. The molecule has 3 amide bonds. The predicted molar refractivity (Wildman–Crippen MR) is 80.1 cm³/mol. The van der Waals surface area contributed by atoms with E-state index in [0.717, 1.165) is 11.3 Å². The quantitative estimate of drug-likeness (QED) is 0.907. The van der Waals surface area contributed by atoms with E-state index in [4.69, 9.17) is 0 Å². The van der Waals surface area contributed by atoms with Gasteiger partial charge in [0, 0.05) is 32.2 Å². The van der Waals surface area contributed by atoms with E-state index in [-0.39, 0.29) is 18.0 Å². The normalized spacial score (nSPS) is 16.1. The van der Waals surface area contributed by atoms with Crippen LogP contribution in [0.5, 0.6) is 0 Å². The SMILES string of the molecule is CC(C)NC(=O)N1CCCN(C(=O)c2cccs2)CC1. The van der Waals surface area contributed by atoms with Gasteiger partial charge >= 0.3 is 6.03 Å². The fourth-order valence-electron chi connectivity index (χ4n) is 2.22. The molecule has 0 unspecified atom stereocenters. The van der Waals surface area contributed by atoms with Crippen molar-refractivity contribution in [3.8, 4) is 0 Å². The third-order valence-corrected chi connectivity index (χ3v) is 4.07. The van der Waals surface area contributed by atoms with Gasteiger partial charge in [0.1, 0.15) is 0 Å². The van der Waals surface area contributed by atoms with Crippen molar-refractivity contribution in [3.63, 3.8) is 0 Å². The zero-order valence-corrected chi connectivity index (χ0v) is 12.8. The predicted octanol–water partition coefficient (Wildman–Crippen LogP) is 2.01.